The van der Waals surface area contributed by atoms with Crippen LogP contribution in [0.15, 0.2) is 30.3 Å². The number of hydrogen-bond acceptors (Lipinski definition) is 4. The van der Waals surface area contributed by atoms with Gasteiger partial charge < -0.3 is 9.47 Å². The molecular formula is C16H17NO3. The van der Waals surface area contributed by atoms with Crippen molar-refractivity contribution in [2.75, 3.05) is 14.2 Å². The van der Waals surface area contributed by atoms with Gasteiger partial charge in [-0.05, 0) is 38.1 Å². The minimum absolute atomic E-state index is 0.0169. The molecule has 1 aromatic heterocycles. The lowest BCUT2D eigenvalue weighted by molar-refractivity contribution is 0.101. The predicted octanol–water partition coefficient (Wildman–Crippen LogP) is 3.28. The average Bonchev–Trinajstić information content (AvgIpc) is 2.46. The van der Waals surface area contributed by atoms with Crippen LogP contribution in [0.4, 0.5) is 0 Å². The quantitative estimate of drug-likeness (QED) is 0.801. The minimum Gasteiger partial charge on any atom is -0.497 e. The van der Waals surface area contributed by atoms with Crippen molar-refractivity contribution < 1.29 is 14.3 Å². The summed E-state index contributed by atoms with van der Waals surface area (Å²) in [4.78, 5) is 15.9. The zero-order valence-corrected chi connectivity index (χ0v) is 12.1. The predicted molar refractivity (Wildman–Crippen MR) is 77.5 cm³/mol. The normalized spacial score (nSPS) is 10.2. The number of aromatic nitrogens is 1. The molecule has 0 amide bonds. The standard InChI is InChI=1S/C16H17NO3/c1-10-13(11(2)18)7-8-15(17-10)14-6-5-12(19-3)9-16(14)20-4/h5-9H,1-4H3. The first-order chi connectivity index (χ1) is 9.56. The number of aryl methyl sites for hydroxylation is 1. The summed E-state index contributed by atoms with van der Waals surface area (Å²) in [5.41, 5.74) is 2.99. The van der Waals surface area contributed by atoms with Crippen molar-refractivity contribution in [2.24, 2.45) is 0 Å². The Labute approximate surface area is 118 Å². The van der Waals surface area contributed by atoms with E-state index in [2.05, 4.69) is 4.98 Å². The number of ether oxygens (including phenoxy) is 2. The summed E-state index contributed by atoms with van der Waals surface area (Å²) >= 11 is 0. The SMILES string of the molecule is COc1ccc(-c2ccc(C(C)=O)c(C)n2)c(OC)c1. The van der Waals surface area contributed by atoms with E-state index in [1.807, 2.05) is 31.2 Å². The van der Waals surface area contributed by atoms with Gasteiger partial charge in [-0.3, -0.25) is 9.78 Å². The van der Waals surface area contributed by atoms with Gasteiger partial charge in [-0.1, -0.05) is 0 Å². The molecule has 0 aliphatic heterocycles. The van der Waals surface area contributed by atoms with Gasteiger partial charge in [0.25, 0.3) is 0 Å². The molecule has 1 heterocycles. The molecule has 0 atom stereocenters. The van der Waals surface area contributed by atoms with Gasteiger partial charge in [0.15, 0.2) is 5.78 Å². The second-order valence-electron chi connectivity index (χ2n) is 4.45. The van der Waals surface area contributed by atoms with E-state index in [9.17, 15) is 4.79 Å². The molecule has 0 N–H and O–H groups in total. The molecule has 0 aliphatic rings. The number of nitrogens with zero attached hydrogens (tertiary/aromatic N) is 1. The highest BCUT2D eigenvalue weighted by atomic mass is 16.5. The summed E-state index contributed by atoms with van der Waals surface area (Å²) in [5, 5.41) is 0. The Balaban J connectivity index is 2.51. The molecule has 0 saturated heterocycles. The fourth-order valence-electron chi connectivity index (χ4n) is 2.09. The molecule has 4 nitrogen and oxygen atoms in total. The number of benzene rings is 1. The first-order valence-corrected chi connectivity index (χ1v) is 6.27. The second-order valence-corrected chi connectivity index (χ2v) is 4.45. The Kier molecular flexibility index (Phi) is 4.03. The molecule has 0 fully saturated rings. The van der Waals surface area contributed by atoms with Crippen molar-refractivity contribution in [1.29, 1.82) is 0 Å². The lowest BCUT2D eigenvalue weighted by Crippen LogP contribution is -2.00. The lowest BCUT2D eigenvalue weighted by atomic mass is 10.1. The zero-order chi connectivity index (χ0) is 14.7. The topological polar surface area (TPSA) is 48.4 Å². The molecule has 2 aromatic rings. The smallest absolute Gasteiger partial charge is 0.161 e. The number of carbonyl (C=O) groups is 1. The number of carbonyl (C=O) groups excluding carboxylic acids is 1. The number of Topliss-reactive ketones (excluding diaryl/α,β-unsaturated/α-hetero) is 1. The third-order valence-electron chi connectivity index (χ3n) is 3.15. The van der Waals surface area contributed by atoms with Crippen molar-refractivity contribution in [3.63, 3.8) is 0 Å². The summed E-state index contributed by atoms with van der Waals surface area (Å²) < 4.78 is 10.5. The van der Waals surface area contributed by atoms with Crippen LogP contribution in [0.5, 0.6) is 11.5 Å². The highest BCUT2D eigenvalue weighted by Crippen LogP contribution is 2.32. The second kappa shape index (κ2) is 5.74. The van der Waals surface area contributed by atoms with Gasteiger partial charge in [0.05, 0.1) is 19.9 Å². The summed E-state index contributed by atoms with van der Waals surface area (Å²) in [5.74, 6) is 1.43. The number of rotatable bonds is 4. The first-order valence-electron chi connectivity index (χ1n) is 6.27. The Hall–Kier alpha value is -2.36. The van der Waals surface area contributed by atoms with Crippen LogP contribution < -0.4 is 9.47 Å². The summed E-state index contributed by atoms with van der Waals surface area (Å²) in [6, 6.07) is 9.18. The first kappa shape index (κ1) is 14.1. The van der Waals surface area contributed by atoms with E-state index in [0.29, 0.717) is 17.0 Å². The Morgan fingerprint density at radius 3 is 2.40 bits per heavy atom. The van der Waals surface area contributed by atoms with Crippen LogP contribution >= 0.6 is 0 Å². The Morgan fingerprint density at radius 1 is 1.10 bits per heavy atom. The van der Waals surface area contributed by atoms with Gasteiger partial charge in [0, 0.05) is 22.9 Å². The molecule has 0 unspecified atom stereocenters. The summed E-state index contributed by atoms with van der Waals surface area (Å²) in [6.07, 6.45) is 0. The molecule has 0 bridgehead atoms. The highest BCUT2D eigenvalue weighted by molar-refractivity contribution is 5.95. The summed E-state index contributed by atoms with van der Waals surface area (Å²) in [6.45, 7) is 3.37. The van der Waals surface area contributed by atoms with Gasteiger partial charge in [-0.15, -0.1) is 0 Å². The average molecular weight is 271 g/mol. The van der Waals surface area contributed by atoms with Crippen molar-refractivity contribution in [2.45, 2.75) is 13.8 Å². The molecule has 1 aromatic carbocycles. The molecular weight excluding hydrogens is 254 g/mol. The van der Waals surface area contributed by atoms with E-state index in [1.54, 1.807) is 20.3 Å². The van der Waals surface area contributed by atoms with Crippen molar-refractivity contribution >= 4 is 5.78 Å². The maximum Gasteiger partial charge on any atom is 0.161 e. The molecule has 0 radical (unpaired) electrons. The monoisotopic (exact) mass is 271 g/mol. The molecule has 20 heavy (non-hydrogen) atoms. The fraction of sp³-hybridized carbons (Fsp3) is 0.250. The van der Waals surface area contributed by atoms with Gasteiger partial charge >= 0.3 is 0 Å². The Morgan fingerprint density at radius 2 is 1.85 bits per heavy atom. The summed E-state index contributed by atoms with van der Waals surface area (Å²) in [7, 11) is 3.22. The van der Waals surface area contributed by atoms with Crippen molar-refractivity contribution in [3.8, 4) is 22.8 Å². The van der Waals surface area contributed by atoms with Crippen LogP contribution in [-0.4, -0.2) is 25.0 Å². The molecule has 4 heteroatoms. The van der Waals surface area contributed by atoms with Gasteiger partial charge in [-0.2, -0.15) is 0 Å². The van der Waals surface area contributed by atoms with Gasteiger partial charge in [0.1, 0.15) is 11.5 Å². The largest absolute Gasteiger partial charge is 0.497 e. The van der Waals surface area contributed by atoms with E-state index in [-0.39, 0.29) is 5.78 Å². The van der Waals surface area contributed by atoms with E-state index < -0.39 is 0 Å². The third kappa shape index (κ3) is 2.64. The lowest BCUT2D eigenvalue weighted by Gasteiger charge is -2.11. The van der Waals surface area contributed by atoms with E-state index in [1.165, 1.54) is 6.92 Å². The molecule has 2 rings (SSSR count). The van der Waals surface area contributed by atoms with Gasteiger partial charge in [0.2, 0.25) is 0 Å². The zero-order valence-electron chi connectivity index (χ0n) is 12.1. The Bertz CT molecular complexity index is 650. The fourth-order valence-corrected chi connectivity index (χ4v) is 2.09. The number of methoxy groups -OCH3 is 2. The van der Waals surface area contributed by atoms with Crippen LogP contribution in [0.25, 0.3) is 11.3 Å². The maximum atomic E-state index is 11.4. The number of hydrogen-bond donors (Lipinski definition) is 0. The van der Waals surface area contributed by atoms with Gasteiger partial charge in [-0.25, -0.2) is 0 Å². The molecule has 0 saturated carbocycles. The minimum atomic E-state index is 0.0169. The van der Waals surface area contributed by atoms with E-state index >= 15 is 0 Å². The van der Waals surface area contributed by atoms with Crippen LogP contribution in [-0.2, 0) is 0 Å². The highest BCUT2D eigenvalue weighted by Gasteiger charge is 2.11. The van der Waals surface area contributed by atoms with Crippen molar-refractivity contribution in [1.82, 2.24) is 4.98 Å². The maximum absolute atomic E-state index is 11.4. The van der Waals surface area contributed by atoms with Crippen LogP contribution in [0, 0.1) is 6.92 Å². The number of ketones is 1. The van der Waals surface area contributed by atoms with Crippen LogP contribution in [0.3, 0.4) is 0 Å². The van der Waals surface area contributed by atoms with Crippen molar-refractivity contribution in [3.05, 3.63) is 41.6 Å². The van der Waals surface area contributed by atoms with E-state index in [4.69, 9.17) is 9.47 Å². The number of pyridine rings is 1. The molecule has 0 spiro atoms. The van der Waals surface area contributed by atoms with Crippen LogP contribution in [0.2, 0.25) is 0 Å². The van der Waals surface area contributed by atoms with Crippen LogP contribution in [0.1, 0.15) is 23.0 Å². The molecule has 104 valence electrons. The molecule has 0 aliphatic carbocycles. The van der Waals surface area contributed by atoms with E-state index in [0.717, 1.165) is 17.0 Å². The third-order valence-corrected chi connectivity index (χ3v) is 3.15.